The van der Waals surface area contributed by atoms with Crippen LogP contribution in [-0.4, -0.2) is 10.8 Å². The fourth-order valence-electron chi connectivity index (χ4n) is 3.28. The van der Waals surface area contributed by atoms with E-state index in [2.05, 4.69) is 5.32 Å². The Bertz CT molecular complexity index is 798. The number of nitro benzene ring substituents is 1. The van der Waals surface area contributed by atoms with Gasteiger partial charge in [0.05, 0.1) is 10.3 Å². The maximum atomic E-state index is 12.9. The zero-order chi connectivity index (χ0) is 17.5. The van der Waals surface area contributed by atoms with Crippen LogP contribution in [0.1, 0.15) is 35.1 Å². The molecule has 1 saturated carbocycles. The molecule has 5 heteroatoms. The van der Waals surface area contributed by atoms with Crippen LogP contribution in [-0.2, 0) is 10.2 Å². The third kappa shape index (κ3) is 2.77. The van der Waals surface area contributed by atoms with E-state index in [1.807, 2.05) is 32.9 Å². The molecule has 3 rings (SSSR count). The van der Waals surface area contributed by atoms with Crippen LogP contribution < -0.4 is 5.32 Å². The average Bonchev–Trinajstić information content (AvgIpc) is 3.32. The van der Waals surface area contributed by atoms with Gasteiger partial charge >= 0.3 is 0 Å². The summed E-state index contributed by atoms with van der Waals surface area (Å²) in [6, 6.07) is 10.4. The van der Waals surface area contributed by atoms with Gasteiger partial charge in [-0.05, 0) is 50.3 Å². The first-order chi connectivity index (χ1) is 11.3. The number of hydrogen-bond acceptors (Lipinski definition) is 3. The highest BCUT2D eigenvalue weighted by Crippen LogP contribution is 2.49. The Kier molecular flexibility index (Phi) is 3.87. The summed E-state index contributed by atoms with van der Waals surface area (Å²) in [6.45, 7) is 6.01. The van der Waals surface area contributed by atoms with Crippen molar-refractivity contribution in [2.75, 3.05) is 5.32 Å². The largest absolute Gasteiger partial charge is 0.325 e. The lowest BCUT2D eigenvalue weighted by Crippen LogP contribution is -2.28. The molecule has 124 valence electrons. The van der Waals surface area contributed by atoms with Gasteiger partial charge in [-0.2, -0.15) is 0 Å². The van der Waals surface area contributed by atoms with Crippen LogP contribution in [0.25, 0.3) is 0 Å². The van der Waals surface area contributed by atoms with Gasteiger partial charge in [0.15, 0.2) is 0 Å². The number of nitrogens with one attached hydrogen (secondary N) is 1. The Morgan fingerprint density at radius 2 is 1.62 bits per heavy atom. The predicted molar refractivity (Wildman–Crippen MR) is 93.3 cm³/mol. The maximum absolute atomic E-state index is 12.9. The number of carbonyl (C=O) groups excluding carboxylic acids is 1. The van der Waals surface area contributed by atoms with E-state index in [0.717, 1.165) is 35.2 Å². The topological polar surface area (TPSA) is 72.2 Å². The molecule has 0 spiro atoms. The minimum absolute atomic E-state index is 0.0357. The average molecular weight is 324 g/mol. The van der Waals surface area contributed by atoms with Crippen LogP contribution in [0.5, 0.6) is 0 Å². The molecule has 0 saturated heterocycles. The second kappa shape index (κ2) is 5.74. The van der Waals surface area contributed by atoms with Crippen LogP contribution in [0.15, 0.2) is 36.4 Å². The van der Waals surface area contributed by atoms with Crippen molar-refractivity contribution < 1.29 is 9.72 Å². The van der Waals surface area contributed by atoms with E-state index in [1.165, 1.54) is 17.7 Å². The molecule has 0 radical (unpaired) electrons. The third-order valence-electron chi connectivity index (χ3n) is 4.73. The molecule has 5 nitrogen and oxygen atoms in total. The molecule has 0 aromatic heterocycles. The molecule has 2 aromatic carbocycles. The van der Waals surface area contributed by atoms with E-state index in [4.69, 9.17) is 0 Å². The smallest absolute Gasteiger partial charge is 0.269 e. The molecule has 0 unspecified atom stereocenters. The summed E-state index contributed by atoms with van der Waals surface area (Å²) in [5, 5.41) is 13.9. The summed E-state index contributed by atoms with van der Waals surface area (Å²) in [5.41, 5.74) is 4.44. The standard InChI is InChI=1S/C19H20N2O3/c1-12-10-13(2)17(14(3)11-12)20-18(22)19(8-9-19)15-4-6-16(7-5-15)21(23)24/h4-7,10-11H,8-9H2,1-3H3,(H,20,22). The van der Waals surface area contributed by atoms with E-state index >= 15 is 0 Å². The Labute approximate surface area is 140 Å². The van der Waals surface area contributed by atoms with Gasteiger partial charge in [-0.3, -0.25) is 14.9 Å². The minimum Gasteiger partial charge on any atom is -0.325 e. The van der Waals surface area contributed by atoms with Gasteiger partial charge in [0.1, 0.15) is 0 Å². The number of anilines is 1. The van der Waals surface area contributed by atoms with Gasteiger partial charge in [-0.25, -0.2) is 0 Å². The van der Waals surface area contributed by atoms with Gasteiger partial charge in [-0.1, -0.05) is 29.8 Å². The second-order valence-corrected chi connectivity index (χ2v) is 6.61. The number of benzene rings is 2. The fourth-order valence-corrected chi connectivity index (χ4v) is 3.28. The van der Waals surface area contributed by atoms with Crippen molar-refractivity contribution in [1.29, 1.82) is 0 Å². The lowest BCUT2D eigenvalue weighted by molar-refractivity contribution is -0.384. The number of amides is 1. The fraction of sp³-hybridized carbons (Fsp3) is 0.316. The zero-order valence-electron chi connectivity index (χ0n) is 14.1. The normalized spacial score (nSPS) is 15.0. The van der Waals surface area contributed by atoms with E-state index in [-0.39, 0.29) is 11.6 Å². The quantitative estimate of drug-likeness (QED) is 0.677. The second-order valence-electron chi connectivity index (χ2n) is 6.61. The van der Waals surface area contributed by atoms with E-state index in [0.29, 0.717) is 0 Å². The van der Waals surface area contributed by atoms with Crippen LogP contribution in [0.3, 0.4) is 0 Å². The van der Waals surface area contributed by atoms with Gasteiger partial charge in [0.25, 0.3) is 5.69 Å². The molecule has 0 atom stereocenters. The predicted octanol–water partition coefficient (Wildman–Crippen LogP) is 4.19. The van der Waals surface area contributed by atoms with E-state index in [9.17, 15) is 14.9 Å². The number of hydrogen-bond donors (Lipinski definition) is 1. The number of non-ortho nitro benzene ring substituents is 1. The Hall–Kier alpha value is -2.69. The summed E-state index contributed by atoms with van der Waals surface area (Å²) in [7, 11) is 0. The first-order valence-electron chi connectivity index (χ1n) is 7.98. The van der Waals surface area contributed by atoms with Crippen LogP contribution in [0.2, 0.25) is 0 Å². The molecule has 0 heterocycles. The molecule has 1 aliphatic rings. The zero-order valence-corrected chi connectivity index (χ0v) is 14.1. The lowest BCUT2D eigenvalue weighted by Gasteiger charge is -2.18. The van der Waals surface area contributed by atoms with Crippen molar-refractivity contribution in [3.8, 4) is 0 Å². The molecule has 1 amide bonds. The first kappa shape index (κ1) is 16.2. The molecule has 24 heavy (non-hydrogen) atoms. The molecule has 0 aliphatic heterocycles. The van der Waals surface area contributed by atoms with Crippen molar-refractivity contribution >= 4 is 17.3 Å². The van der Waals surface area contributed by atoms with Gasteiger partial charge in [0, 0.05) is 17.8 Å². The summed E-state index contributed by atoms with van der Waals surface area (Å²) in [4.78, 5) is 23.2. The highest BCUT2D eigenvalue weighted by molar-refractivity contribution is 6.02. The Morgan fingerprint density at radius 3 is 2.08 bits per heavy atom. The van der Waals surface area contributed by atoms with Crippen molar-refractivity contribution in [1.82, 2.24) is 0 Å². The maximum Gasteiger partial charge on any atom is 0.269 e. The monoisotopic (exact) mass is 324 g/mol. The molecule has 1 fully saturated rings. The highest BCUT2D eigenvalue weighted by Gasteiger charge is 2.51. The molecule has 1 N–H and O–H groups in total. The van der Waals surface area contributed by atoms with E-state index in [1.54, 1.807) is 12.1 Å². The summed E-state index contributed by atoms with van der Waals surface area (Å²) in [6.07, 6.45) is 1.53. The molecule has 0 bridgehead atoms. The number of nitrogens with zero attached hydrogens (tertiary/aromatic N) is 1. The molecule has 1 aliphatic carbocycles. The molecular formula is C19H20N2O3. The molecule has 2 aromatic rings. The number of rotatable bonds is 4. The van der Waals surface area contributed by atoms with Gasteiger partial charge in [0.2, 0.25) is 5.91 Å². The summed E-state index contributed by atoms with van der Waals surface area (Å²) >= 11 is 0. The number of carbonyl (C=O) groups is 1. The molecular weight excluding hydrogens is 304 g/mol. The van der Waals surface area contributed by atoms with Crippen molar-refractivity contribution in [2.24, 2.45) is 0 Å². The summed E-state index contributed by atoms with van der Waals surface area (Å²) < 4.78 is 0. The Balaban J connectivity index is 1.86. The minimum atomic E-state index is -0.557. The van der Waals surface area contributed by atoms with Crippen molar-refractivity contribution in [3.05, 3.63) is 68.8 Å². The van der Waals surface area contributed by atoms with Crippen molar-refractivity contribution in [3.63, 3.8) is 0 Å². The van der Waals surface area contributed by atoms with Gasteiger partial charge < -0.3 is 5.32 Å². The summed E-state index contributed by atoms with van der Waals surface area (Å²) in [5.74, 6) is -0.0357. The van der Waals surface area contributed by atoms with Gasteiger partial charge in [-0.15, -0.1) is 0 Å². The van der Waals surface area contributed by atoms with Crippen LogP contribution >= 0.6 is 0 Å². The highest BCUT2D eigenvalue weighted by atomic mass is 16.6. The number of aryl methyl sites for hydroxylation is 3. The number of nitro groups is 1. The van der Waals surface area contributed by atoms with E-state index < -0.39 is 10.3 Å². The first-order valence-corrected chi connectivity index (χ1v) is 7.98. The third-order valence-corrected chi connectivity index (χ3v) is 4.73. The van der Waals surface area contributed by atoms with Crippen LogP contribution in [0, 0.1) is 30.9 Å². The van der Waals surface area contributed by atoms with Crippen molar-refractivity contribution in [2.45, 2.75) is 39.0 Å². The Morgan fingerprint density at radius 1 is 1.08 bits per heavy atom. The lowest BCUT2D eigenvalue weighted by atomic mass is 9.94. The van der Waals surface area contributed by atoms with Crippen LogP contribution in [0.4, 0.5) is 11.4 Å². The SMILES string of the molecule is Cc1cc(C)c(NC(=O)C2(c3ccc([N+](=O)[O-])cc3)CC2)c(C)c1.